The summed E-state index contributed by atoms with van der Waals surface area (Å²) in [7, 11) is 0. The number of aryl methyl sites for hydroxylation is 1. The van der Waals surface area contributed by atoms with Gasteiger partial charge in [-0.3, -0.25) is 4.90 Å². The summed E-state index contributed by atoms with van der Waals surface area (Å²) in [5.74, 6) is 0.545. The lowest BCUT2D eigenvalue weighted by atomic mass is 10.2. The van der Waals surface area contributed by atoms with Crippen molar-refractivity contribution < 1.29 is 4.39 Å². The van der Waals surface area contributed by atoms with Crippen LogP contribution in [0.2, 0.25) is 0 Å². The van der Waals surface area contributed by atoms with Crippen LogP contribution in [-0.2, 0) is 0 Å². The number of hydrogen-bond donors (Lipinski definition) is 1. The summed E-state index contributed by atoms with van der Waals surface area (Å²) in [6, 6.07) is 4.49. The lowest BCUT2D eigenvalue weighted by Gasteiger charge is -2.35. The molecule has 1 aliphatic rings. The Kier molecular flexibility index (Phi) is 4.80. The van der Waals surface area contributed by atoms with E-state index in [1.807, 2.05) is 19.3 Å². The summed E-state index contributed by atoms with van der Waals surface area (Å²) in [4.78, 5) is 17.9. The molecule has 0 bridgehead atoms. The summed E-state index contributed by atoms with van der Waals surface area (Å²) >= 11 is 1.47. The van der Waals surface area contributed by atoms with Crippen molar-refractivity contribution in [1.82, 2.24) is 19.9 Å². The first kappa shape index (κ1) is 17.3. The molecule has 8 heteroatoms. The van der Waals surface area contributed by atoms with Crippen LogP contribution in [-0.4, -0.2) is 52.6 Å². The van der Waals surface area contributed by atoms with E-state index in [1.165, 1.54) is 23.5 Å². The van der Waals surface area contributed by atoms with E-state index >= 15 is 0 Å². The molecule has 0 spiro atoms. The van der Waals surface area contributed by atoms with Crippen molar-refractivity contribution in [2.24, 2.45) is 5.73 Å². The van der Waals surface area contributed by atoms with Crippen LogP contribution in [0.25, 0.3) is 10.2 Å². The summed E-state index contributed by atoms with van der Waals surface area (Å²) in [5, 5.41) is 0.856. The fourth-order valence-electron chi connectivity index (χ4n) is 3.11. The molecule has 0 aliphatic carbocycles. The molecule has 1 saturated heterocycles. The molecule has 1 aromatic carbocycles. The minimum atomic E-state index is -0.240. The van der Waals surface area contributed by atoms with Gasteiger partial charge >= 0.3 is 0 Å². The van der Waals surface area contributed by atoms with Crippen molar-refractivity contribution in [3.63, 3.8) is 0 Å². The van der Waals surface area contributed by atoms with Crippen LogP contribution in [0.15, 0.2) is 30.6 Å². The zero-order valence-corrected chi connectivity index (χ0v) is 15.4. The van der Waals surface area contributed by atoms with E-state index in [9.17, 15) is 4.39 Å². The number of aromatic nitrogens is 3. The van der Waals surface area contributed by atoms with Crippen molar-refractivity contribution in [1.29, 1.82) is 0 Å². The molecule has 1 aliphatic heterocycles. The average Bonchev–Trinajstić information content (AvgIpc) is 3.06. The van der Waals surface area contributed by atoms with Gasteiger partial charge in [-0.25, -0.2) is 19.3 Å². The van der Waals surface area contributed by atoms with Crippen LogP contribution < -0.4 is 10.6 Å². The molecule has 0 amide bonds. The molecule has 26 heavy (non-hydrogen) atoms. The number of anilines is 1. The van der Waals surface area contributed by atoms with Crippen LogP contribution in [0, 0.1) is 12.7 Å². The fraction of sp³-hybridized carbons (Fsp3) is 0.389. The Morgan fingerprint density at radius 2 is 1.92 bits per heavy atom. The molecular formula is C18H21FN6S. The van der Waals surface area contributed by atoms with Gasteiger partial charge in [0.2, 0.25) is 5.95 Å². The molecule has 1 unspecified atom stereocenters. The van der Waals surface area contributed by atoms with E-state index in [2.05, 4.69) is 24.8 Å². The van der Waals surface area contributed by atoms with E-state index in [4.69, 9.17) is 5.73 Å². The van der Waals surface area contributed by atoms with Crippen molar-refractivity contribution in [3.8, 4) is 0 Å². The first-order chi connectivity index (χ1) is 12.6. The van der Waals surface area contributed by atoms with Crippen molar-refractivity contribution >= 4 is 27.5 Å². The third-order valence-corrected chi connectivity index (χ3v) is 5.71. The summed E-state index contributed by atoms with van der Waals surface area (Å²) < 4.78 is 14.2. The maximum absolute atomic E-state index is 13.3. The van der Waals surface area contributed by atoms with Crippen molar-refractivity contribution in [2.45, 2.75) is 13.0 Å². The number of rotatable bonds is 4. The summed E-state index contributed by atoms with van der Waals surface area (Å²) in [6.45, 7) is 6.29. The molecule has 1 atom stereocenters. The number of thiazole rings is 1. The SMILES string of the molecule is Cc1cnc(N2CCN(CC(N)c3nc4ccc(F)cc4s3)CC2)nc1. The predicted octanol–water partition coefficient (Wildman–Crippen LogP) is 2.36. The number of fused-ring (bicyclic) bond motifs is 1. The summed E-state index contributed by atoms with van der Waals surface area (Å²) in [6.07, 6.45) is 3.70. The van der Waals surface area contributed by atoms with E-state index in [1.54, 1.807) is 6.07 Å². The highest BCUT2D eigenvalue weighted by Gasteiger charge is 2.22. The largest absolute Gasteiger partial charge is 0.338 e. The highest BCUT2D eigenvalue weighted by molar-refractivity contribution is 7.18. The van der Waals surface area contributed by atoms with E-state index < -0.39 is 0 Å². The summed E-state index contributed by atoms with van der Waals surface area (Å²) in [5.41, 5.74) is 8.24. The van der Waals surface area contributed by atoms with E-state index in [-0.39, 0.29) is 11.9 Å². The van der Waals surface area contributed by atoms with Gasteiger partial charge in [0.1, 0.15) is 10.8 Å². The lowest BCUT2D eigenvalue weighted by molar-refractivity contribution is 0.242. The topological polar surface area (TPSA) is 71.2 Å². The van der Waals surface area contributed by atoms with Gasteiger partial charge in [-0.05, 0) is 30.7 Å². The first-order valence-corrected chi connectivity index (χ1v) is 9.47. The second-order valence-corrected chi connectivity index (χ2v) is 7.68. The third-order valence-electron chi connectivity index (χ3n) is 4.56. The minimum Gasteiger partial charge on any atom is -0.338 e. The molecular weight excluding hydrogens is 351 g/mol. The molecule has 2 N–H and O–H groups in total. The fourth-order valence-corrected chi connectivity index (χ4v) is 4.10. The van der Waals surface area contributed by atoms with E-state index in [0.717, 1.165) is 59.5 Å². The second kappa shape index (κ2) is 7.22. The Morgan fingerprint density at radius 1 is 1.19 bits per heavy atom. The minimum absolute atomic E-state index is 0.169. The van der Waals surface area contributed by atoms with E-state index in [0.29, 0.717) is 0 Å². The first-order valence-electron chi connectivity index (χ1n) is 8.66. The second-order valence-electron chi connectivity index (χ2n) is 6.62. The maximum Gasteiger partial charge on any atom is 0.225 e. The number of benzene rings is 1. The molecule has 0 radical (unpaired) electrons. The van der Waals surface area contributed by atoms with Gasteiger partial charge < -0.3 is 10.6 Å². The van der Waals surface area contributed by atoms with Gasteiger partial charge in [0, 0.05) is 45.1 Å². The van der Waals surface area contributed by atoms with Crippen LogP contribution in [0.3, 0.4) is 0 Å². The highest BCUT2D eigenvalue weighted by atomic mass is 32.1. The van der Waals surface area contributed by atoms with Gasteiger partial charge in [-0.15, -0.1) is 11.3 Å². The van der Waals surface area contributed by atoms with Crippen molar-refractivity contribution in [2.75, 3.05) is 37.6 Å². The predicted molar refractivity (Wildman–Crippen MR) is 102 cm³/mol. The number of nitrogens with zero attached hydrogens (tertiary/aromatic N) is 5. The normalized spacial score (nSPS) is 17.0. The Morgan fingerprint density at radius 3 is 2.65 bits per heavy atom. The quantitative estimate of drug-likeness (QED) is 0.758. The molecule has 1 fully saturated rings. The van der Waals surface area contributed by atoms with Gasteiger partial charge in [0.25, 0.3) is 0 Å². The number of piperazine rings is 1. The number of hydrogen-bond acceptors (Lipinski definition) is 7. The smallest absolute Gasteiger partial charge is 0.225 e. The van der Waals surface area contributed by atoms with Crippen molar-refractivity contribution in [3.05, 3.63) is 47.0 Å². The van der Waals surface area contributed by atoms with Gasteiger partial charge in [-0.1, -0.05) is 0 Å². The molecule has 136 valence electrons. The standard InChI is InChI=1S/C18H21FN6S/c1-12-9-21-18(22-10-12)25-6-4-24(5-7-25)11-14(20)17-23-15-3-2-13(19)8-16(15)26-17/h2-3,8-10,14H,4-7,11,20H2,1H3. The molecule has 0 saturated carbocycles. The highest BCUT2D eigenvalue weighted by Crippen LogP contribution is 2.27. The molecule has 3 aromatic rings. The monoisotopic (exact) mass is 372 g/mol. The molecule has 2 aromatic heterocycles. The maximum atomic E-state index is 13.3. The van der Waals surface area contributed by atoms with Gasteiger partial charge in [0.15, 0.2) is 0 Å². The Hall–Kier alpha value is -2.16. The van der Waals surface area contributed by atoms with Crippen LogP contribution >= 0.6 is 11.3 Å². The molecule has 6 nitrogen and oxygen atoms in total. The Balaban J connectivity index is 1.36. The van der Waals surface area contributed by atoms with Gasteiger partial charge in [-0.2, -0.15) is 0 Å². The van der Waals surface area contributed by atoms with Crippen LogP contribution in [0.5, 0.6) is 0 Å². The Labute approximate surface area is 155 Å². The zero-order chi connectivity index (χ0) is 18.1. The molecule has 3 heterocycles. The van der Waals surface area contributed by atoms with Crippen LogP contribution in [0.4, 0.5) is 10.3 Å². The Bertz CT molecular complexity index is 888. The average molecular weight is 372 g/mol. The van der Waals surface area contributed by atoms with Crippen LogP contribution in [0.1, 0.15) is 16.6 Å². The van der Waals surface area contributed by atoms with Gasteiger partial charge in [0.05, 0.1) is 16.3 Å². The zero-order valence-electron chi connectivity index (χ0n) is 14.6. The molecule has 4 rings (SSSR count). The number of halogens is 1. The lowest BCUT2D eigenvalue weighted by Crippen LogP contribution is -2.48. The number of nitrogens with two attached hydrogens (primary N) is 1. The third kappa shape index (κ3) is 3.67.